The molecule has 14 heteroatoms. The molecule has 0 aromatic carbocycles. The molecule has 0 aromatic rings. The Kier molecular flexibility index (Phi) is 13.4. The fourth-order valence-corrected chi connectivity index (χ4v) is 8.61. The van der Waals surface area contributed by atoms with Crippen LogP contribution in [0.4, 0.5) is 0 Å². The number of fused-ring (bicyclic) bond motifs is 2. The predicted octanol–water partition coefficient (Wildman–Crippen LogP) is 2.41. The number of aliphatic imine (C=N–C) groups is 1. The highest BCUT2D eigenvalue weighted by atomic mass is 16.7. The van der Waals surface area contributed by atoms with Crippen LogP contribution >= 0.6 is 0 Å². The zero-order valence-electron chi connectivity index (χ0n) is 32.9. The second-order valence-corrected chi connectivity index (χ2v) is 16.5. The minimum absolute atomic E-state index is 0.163. The van der Waals surface area contributed by atoms with Crippen molar-refractivity contribution in [3.05, 3.63) is 0 Å². The maximum absolute atomic E-state index is 14.2. The van der Waals surface area contributed by atoms with Crippen molar-refractivity contribution in [3.8, 4) is 0 Å². The van der Waals surface area contributed by atoms with Crippen molar-refractivity contribution in [2.45, 2.75) is 185 Å². The van der Waals surface area contributed by atoms with Gasteiger partial charge >= 0.3 is 5.97 Å². The Morgan fingerprint density at radius 1 is 0.961 bits per heavy atom. The van der Waals surface area contributed by atoms with E-state index in [9.17, 15) is 25.2 Å². The van der Waals surface area contributed by atoms with Crippen LogP contribution in [0.2, 0.25) is 0 Å². The molecule has 3 fully saturated rings. The van der Waals surface area contributed by atoms with Gasteiger partial charge in [0.1, 0.15) is 41.7 Å². The number of nitrogens with zero attached hydrogens (tertiary/aromatic N) is 2. The first-order chi connectivity index (χ1) is 23.6. The molecule has 0 radical (unpaired) electrons. The number of cyclic esters (lactones) is 1. The number of aliphatic hydroxyl groups is 4. The summed E-state index contributed by atoms with van der Waals surface area (Å²) in [5.74, 6) is -2.03. The molecule has 4 aliphatic rings. The van der Waals surface area contributed by atoms with Crippen molar-refractivity contribution >= 4 is 11.9 Å². The van der Waals surface area contributed by atoms with Gasteiger partial charge in [0.05, 0.1) is 35.9 Å². The summed E-state index contributed by atoms with van der Waals surface area (Å²) in [5, 5.41) is 45.5. The second kappa shape index (κ2) is 16.1. The predicted molar refractivity (Wildman–Crippen MR) is 188 cm³/mol. The Balaban J connectivity index is 1.85. The fourth-order valence-electron chi connectivity index (χ4n) is 8.61. The van der Waals surface area contributed by atoms with Crippen LogP contribution < -0.4 is 0 Å². The summed E-state index contributed by atoms with van der Waals surface area (Å²) in [4.78, 5) is 20.9. The van der Waals surface area contributed by atoms with Gasteiger partial charge in [0, 0.05) is 37.8 Å². The van der Waals surface area contributed by atoms with Crippen LogP contribution in [0.25, 0.3) is 0 Å². The molecule has 0 spiro atoms. The molecule has 4 aliphatic heterocycles. The lowest BCUT2D eigenvalue weighted by Crippen LogP contribution is -2.60. The van der Waals surface area contributed by atoms with E-state index in [-0.39, 0.29) is 30.9 Å². The highest BCUT2D eigenvalue weighted by Gasteiger charge is 2.56. The molecule has 14 nitrogen and oxygen atoms in total. The molecule has 51 heavy (non-hydrogen) atoms. The maximum atomic E-state index is 14.2. The standard InChI is InChI=1S/C37H66N2O12/c1-14-25-37(10,44)29(41)22(6)38-32-18(2)16-36(9,51-32)31(50-34-27(40)24(39(11)12)15-19(3)46-34)20(4)28(21(5)33(43)48-25)49-26-17-35(8,45-13)30(42)23(7)47-26/h18-31,34,40-42,44H,14-17H2,1-13H3/t18-,19+,20+,21-,22-,23+,24+,25-,26+,27+,28+,29-,30+,31-,34+,35-,36-,37-/m1/s1. The first-order valence-corrected chi connectivity index (χ1v) is 18.7. The molecule has 0 saturated carbocycles. The molecule has 18 atom stereocenters. The van der Waals surface area contributed by atoms with Crippen LogP contribution in [0.15, 0.2) is 4.99 Å². The zero-order chi connectivity index (χ0) is 38.4. The average molecular weight is 731 g/mol. The largest absolute Gasteiger partial charge is 0.472 e. The van der Waals surface area contributed by atoms with E-state index in [0.717, 1.165) is 0 Å². The highest BCUT2D eigenvalue weighted by Crippen LogP contribution is 2.44. The molecule has 0 aromatic heterocycles. The van der Waals surface area contributed by atoms with Crippen LogP contribution in [-0.4, -0.2) is 149 Å². The van der Waals surface area contributed by atoms with E-state index in [4.69, 9.17) is 38.2 Å². The quantitative estimate of drug-likeness (QED) is 0.281. The minimum Gasteiger partial charge on any atom is -0.472 e. The van der Waals surface area contributed by atoms with E-state index in [1.807, 2.05) is 46.7 Å². The third-order valence-corrected chi connectivity index (χ3v) is 11.9. The van der Waals surface area contributed by atoms with Gasteiger partial charge in [-0.2, -0.15) is 0 Å². The van der Waals surface area contributed by atoms with Crippen molar-refractivity contribution in [2.24, 2.45) is 22.7 Å². The number of esters is 1. The second-order valence-electron chi connectivity index (χ2n) is 16.5. The molecular weight excluding hydrogens is 664 g/mol. The van der Waals surface area contributed by atoms with E-state index in [2.05, 4.69) is 0 Å². The first kappa shape index (κ1) is 42.3. The van der Waals surface area contributed by atoms with Gasteiger partial charge in [-0.25, -0.2) is 4.99 Å². The van der Waals surface area contributed by atoms with Crippen molar-refractivity contribution in [1.29, 1.82) is 0 Å². The van der Waals surface area contributed by atoms with Crippen molar-refractivity contribution in [1.82, 2.24) is 4.90 Å². The molecule has 4 heterocycles. The topological polar surface area (TPSA) is 178 Å². The van der Waals surface area contributed by atoms with E-state index < -0.39 is 96.0 Å². The number of hydrogen-bond acceptors (Lipinski definition) is 14. The average Bonchev–Trinajstić information content (AvgIpc) is 3.35. The molecule has 3 saturated heterocycles. The molecule has 2 bridgehead atoms. The summed E-state index contributed by atoms with van der Waals surface area (Å²) < 4.78 is 44.5. The normalized spacial score (nSPS) is 50.3. The Bertz CT molecular complexity index is 1220. The lowest BCUT2D eigenvalue weighted by Gasteiger charge is -2.48. The Morgan fingerprint density at radius 3 is 2.20 bits per heavy atom. The van der Waals surface area contributed by atoms with Crippen molar-refractivity contribution < 1.29 is 58.4 Å². The number of ether oxygens (including phenoxy) is 7. The first-order valence-electron chi connectivity index (χ1n) is 18.7. The Labute approximate surface area is 304 Å². The third kappa shape index (κ3) is 8.60. The maximum Gasteiger partial charge on any atom is 0.311 e. The third-order valence-electron chi connectivity index (χ3n) is 11.9. The number of carbonyl (C=O) groups is 1. The molecule has 0 aliphatic carbocycles. The SMILES string of the molecule is CC[C@H]1OC(=O)[C@H](C)[C@@H](O[C@H]2C[C@@](C)(OC)[C@@H](O)[C@H](C)O2)[C@H](C)[C@@H](O[C@@H]2O[C@@H](C)C[C@H](N(C)C)[C@@H]2O)[C@@]2(C)C[C@@H](C)C(=N[C@H](C)[C@@H](O)[C@]1(C)O)O2. The van der Waals surface area contributed by atoms with Crippen molar-refractivity contribution in [3.63, 3.8) is 0 Å². The zero-order valence-corrected chi connectivity index (χ0v) is 32.9. The van der Waals surface area contributed by atoms with Gasteiger partial charge in [-0.15, -0.1) is 0 Å². The smallest absolute Gasteiger partial charge is 0.311 e. The van der Waals surface area contributed by atoms with Crippen molar-refractivity contribution in [2.75, 3.05) is 21.2 Å². The number of methoxy groups -OCH3 is 1. The van der Waals surface area contributed by atoms with Crippen LogP contribution in [0.1, 0.15) is 94.9 Å². The van der Waals surface area contributed by atoms with Crippen LogP contribution in [-0.2, 0) is 38.0 Å². The summed E-state index contributed by atoms with van der Waals surface area (Å²) in [6.45, 7) is 17.8. The summed E-state index contributed by atoms with van der Waals surface area (Å²) >= 11 is 0. The summed E-state index contributed by atoms with van der Waals surface area (Å²) in [5.41, 5.74) is -3.91. The lowest BCUT2D eigenvalue weighted by molar-refractivity contribution is -0.315. The molecule has 0 unspecified atom stereocenters. The van der Waals surface area contributed by atoms with E-state index in [1.54, 1.807) is 34.6 Å². The van der Waals surface area contributed by atoms with Gasteiger partial charge in [0.2, 0.25) is 0 Å². The van der Waals surface area contributed by atoms with Gasteiger partial charge in [-0.05, 0) is 75.4 Å². The summed E-state index contributed by atoms with van der Waals surface area (Å²) in [7, 11) is 5.33. The number of aliphatic hydroxyl groups excluding tert-OH is 3. The Hall–Kier alpha value is -1.46. The number of hydrogen-bond donors (Lipinski definition) is 4. The minimum atomic E-state index is -1.84. The lowest BCUT2D eigenvalue weighted by atomic mass is 9.79. The molecule has 4 N–H and O–H groups in total. The van der Waals surface area contributed by atoms with Gasteiger partial charge in [0.15, 0.2) is 18.5 Å². The fraction of sp³-hybridized carbons (Fsp3) is 0.946. The molecule has 296 valence electrons. The van der Waals surface area contributed by atoms with Gasteiger partial charge in [-0.3, -0.25) is 4.79 Å². The summed E-state index contributed by atoms with van der Waals surface area (Å²) in [6, 6.07) is -1.04. The van der Waals surface area contributed by atoms with Crippen LogP contribution in [0.5, 0.6) is 0 Å². The van der Waals surface area contributed by atoms with E-state index >= 15 is 0 Å². The van der Waals surface area contributed by atoms with Crippen LogP contribution in [0.3, 0.4) is 0 Å². The number of carbonyl (C=O) groups excluding carboxylic acids is 1. The van der Waals surface area contributed by atoms with Gasteiger partial charge in [-0.1, -0.05) is 20.8 Å². The van der Waals surface area contributed by atoms with Crippen LogP contribution in [0, 0.1) is 17.8 Å². The highest BCUT2D eigenvalue weighted by molar-refractivity contribution is 5.81. The number of likely N-dealkylation sites (N-methyl/N-ethyl adjacent to an activating group) is 1. The molecular formula is C37H66N2O12. The Morgan fingerprint density at radius 2 is 1.61 bits per heavy atom. The van der Waals surface area contributed by atoms with Gasteiger partial charge < -0.3 is 58.5 Å². The monoisotopic (exact) mass is 730 g/mol. The summed E-state index contributed by atoms with van der Waals surface area (Å²) in [6.07, 6.45) is -7.53. The molecule has 0 amide bonds. The molecule has 4 rings (SSSR count). The van der Waals surface area contributed by atoms with E-state index in [1.165, 1.54) is 14.0 Å². The number of rotatable bonds is 7. The van der Waals surface area contributed by atoms with Gasteiger partial charge in [0.25, 0.3) is 0 Å². The van der Waals surface area contributed by atoms with E-state index in [0.29, 0.717) is 18.7 Å².